The van der Waals surface area contributed by atoms with Crippen molar-refractivity contribution in [2.75, 3.05) is 27.6 Å². The Labute approximate surface area is 55.9 Å². The van der Waals surface area contributed by atoms with Crippen molar-refractivity contribution < 1.29 is 17.3 Å². The van der Waals surface area contributed by atoms with Crippen LogP contribution in [0.15, 0.2) is 0 Å². The quantitative estimate of drug-likeness (QED) is 0.496. The topological polar surface area (TPSA) is 52.6 Å². The molecular weight excluding hydrogens is 144 g/mol. The van der Waals surface area contributed by atoms with Gasteiger partial charge in [0.2, 0.25) is 0 Å². The standard InChI is InChI=1S/C2H6O3S.C2H6O/c1-5-6(2,3)4;1-3-2/h1-2H3;1-2H3. The van der Waals surface area contributed by atoms with E-state index in [2.05, 4.69) is 8.92 Å². The van der Waals surface area contributed by atoms with E-state index in [1.54, 1.807) is 14.2 Å². The van der Waals surface area contributed by atoms with Gasteiger partial charge in [-0.05, 0) is 0 Å². The van der Waals surface area contributed by atoms with Crippen molar-refractivity contribution in [1.82, 2.24) is 0 Å². The Hall–Kier alpha value is -0.130. The summed E-state index contributed by atoms with van der Waals surface area (Å²) < 4.78 is 27.7. The van der Waals surface area contributed by atoms with E-state index in [1.165, 1.54) is 0 Å². The van der Waals surface area contributed by atoms with E-state index in [1.807, 2.05) is 0 Å². The zero-order valence-corrected chi connectivity index (χ0v) is 6.86. The second-order valence-corrected chi connectivity index (χ2v) is 3.02. The molecule has 9 heavy (non-hydrogen) atoms. The van der Waals surface area contributed by atoms with Gasteiger partial charge in [0.25, 0.3) is 10.1 Å². The van der Waals surface area contributed by atoms with E-state index in [0.717, 1.165) is 13.4 Å². The van der Waals surface area contributed by atoms with Gasteiger partial charge < -0.3 is 4.74 Å². The van der Waals surface area contributed by atoms with Crippen LogP contribution in [-0.2, 0) is 19.0 Å². The normalized spacial score (nSPS) is 9.78. The molecule has 0 rings (SSSR count). The first-order valence-corrected chi connectivity index (χ1v) is 3.95. The lowest BCUT2D eigenvalue weighted by Crippen LogP contribution is -1.95. The predicted octanol–water partition coefficient (Wildman–Crippen LogP) is -0.145. The molecule has 0 amide bonds. The van der Waals surface area contributed by atoms with Gasteiger partial charge in [0, 0.05) is 14.2 Å². The van der Waals surface area contributed by atoms with Gasteiger partial charge in [-0.15, -0.1) is 0 Å². The van der Waals surface area contributed by atoms with Crippen molar-refractivity contribution in [3.8, 4) is 0 Å². The first-order valence-electron chi connectivity index (χ1n) is 2.13. The molecule has 0 bridgehead atoms. The Morgan fingerprint density at radius 2 is 1.22 bits per heavy atom. The Bertz CT molecular complexity index is 126. The number of ether oxygens (including phenoxy) is 1. The summed E-state index contributed by atoms with van der Waals surface area (Å²) in [7, 11) is 1.21. The summed E-state index contributed by atoms with van der Waals surface area (Å²) in [6, 6.07) is 0. The molecule has 0 aliphatic carbocycles. The molecule has 0 N–H and O–H groups in total. The molecule has 0 aromatic carbocycles. The van der Waals surface area contributed by atoms with Gasteiger partial charge in [0.05, 0.1) is 13.4 Å². The van der Waals surface area contributed by atoms with Crippen LogP contribution in [0.5, 0.6) is 0 Å². The van der Waals surface area contributed by atoms with Crippen molar-refractivity contribution in [2.45, 2.75) is 0 Å². The van der Waals surface area contributed by atoms with E-state index in [9.17, 15) is 8.42 Å². The fourth-order valence-electron chi connectivity index (χ4n) is 0. The number of rotatable bonds is 1. The third-order valence-corrected chi connectivity index (χ3v) is 0.908. The number of hydrogen-bond acceptors (Lipinski definition) is 4. The van der Waals surface area contributed by atoms with E-state index >= 15 is 0 Å². The minimum atomic E-state index is -3.16. The summed E-state index contributed by atoms with van der Waals surface area (Å²) in [5.41, 5.74) is 0. The first-order chi connectivity index (χ1) is 3.97. The maximum atomic E-state index is 9.78. The fourth-order valence-corrected chi connectivity index (χ4v) is 0. The molecule has 0 aromatic rings. The summed E-state index contributed by atoms with van der Waals surface area (Å²) in [4.78, 5) is 0. The summed E-state index contributed by atoms with van der Waals surface area (Å²) in [6.45, 7) is 0. The van der Waals surface area contributed by atoms with Crippen LogP contribution in [0.2, 0.25) is 0 Å². The zero-order valence-electron chi connectivity index (χ0n) is 6.04. The molecule has 0 heterocycles. The monoisotopic (exact) mass is 156 g/mol. The lowest BCUT2D eigenvalue weighted by Gasteiger charge is -1.84. The molecule has 58 valence electrons. The molecule has 0 atom stereocenters. The van der Waals surface area contributed by atoms with Crippen LogP contribution < -0.4 is 0 Å². The van der Waals surface area contributed by atoms with Gasteiger partial charge >= 0.3 is 0 Å². The van der Waals surface area contributed by atoms with Gasteiger partial charge in [-0.25, -0.2) is 0 Å². The summed E-state index contributed by atoms with van der Waals surface area (Å²) in [6.07, 6.45) is 0.993. The highest BCUT2D eigenvalue weighted by Gasteiger charge is 1.90. The van der Waals surface area contributed by atoms with Crippen LogP contribution >= 0.6 is 0 Å². The molecule has 4 nitrogen and oxygen atoms in total. The molecular formula is C4H12O4S. The van der Waals surface area contributed by atoms with E-state index in [4.69, 9.17) is 0 Å². The van der Waals surface area contributed by atoms with Crippen LogP contribution in [0.1, 0.15) is 0 Å². The summed E-state index contributed by atoms with van der Waals surface area (Å²) in [5.74, 6) is 0. The average molecular weight is 156 g/mol. The Morgan fingerprint density at radius 3 is 1.22 bits per heavy atom. The molecule has 0 aromatic heterocycles. The Balaban J connectivity index is 0. The molecule has 0 saturated heterocycles. The van der Waals surface area contributed by atoms with Crippen molar-refractivity contribution >= 4 is 10.1 Å². The highest BCUT2D eigenvalue weighted by molar-refractivity contribution is 7.85. The van der Waals surface area contributed by atoms with Gasteiger partial charge in [-0.2, -0.15) is 8.42 Å². The minimum absolute atomic E-state index is 0.993. The largest absolute Gasteiger partial charge is 0.388 e. The van der Waals surface area contributed by atoms with E-state index < -0.39 is 10.1 Å². The van der Waals surface area contributed by atoms with Gasteiger partial charge in [0.1, 0.15) is 0 Å². The maximum Gasteiger partial charge on any atom is 0.264 e. The molecule has 0 unspecified atom stereocenters. The third-order valence-electron chi connectivity index (χ3n) is 0.303. The van der Waals surface area contributed by atoms with Crippen molar-refractivity contribution in [3.05, 3.63) is 0 Å². The SMILES string of the molecule is COC.COS(C)(=O)=O. The van der Waals surface area contributed by atoms with E-state index in [0.29, 0.717) is 0 Å². The second-order valence-electron chi connectivity index (χ2n) is 1.28. The number of hydrogen-bond donors (Lipinski definition) is 0. The maximum absolute atomic E-state index is 9.78. The van der Waals surface area contributed by atoms with Gasteiger partial charge in [-0.1, -0.05) is 0 Å². The summed E-state index contributed by atoms with van der Waals surface area (Å²) >= 11 is 0. The van der Waals surface area contributed by atoms with Crippen LogP contribution in [-0.4, -0.2) is 36.0 Å². The third kappa shape index (κ3) is 32.9. The molecule has 0 fully saturated rings. The second kappa shape index (κ2) is 6.00. The molecule has 0 spiro atoms. The van der Waals surface area contributed by atoms with Gasteiger partial charge in [0.15, 0.2) is 0 Å². The molecule has 5 heteroatoms. The highest BCUT2D eigenvalue weighted by atomic mass is 32.2. The number of methoxy groups -OCH3 is 1. The molecule has 0 aliphatic rings. The van der Waals surface area contributed by atoms with Crippen LogP contribution in [0.25, 0.3) is 0 Å². The Morgan fingerprint density at radius 1 is 1.11 bits per heavy atom. The lowest BCUT2D eigenvalue weighted by atomic mass is 11.6. The van der Waals surface area contributed by atoms with E-state index in [-0.39, 0.29) is 0 Å². The van der Waals surface area contributed by atoms with Crippen LogP contribution in [0, 0.1) is 0 Å². The average Bonchev–Trinajstić information content (AvgIpc) is 1.67. The predicted molar refractivity (Wildman–Crippen MR) is 34.8 cm³/mol. The van der Waals surface area contributed by atoms with Crippen molar-refractivity contribution in [1.29, 1.82) is 0 Å². The fraction of sp³-hybridized carbons (Fsp3) is 1.00. The molecule has 0 radical (unpaired) electrons. The lowest BCUT2D eigenvalue weighted by molar-refractivity contribution is 0.277. The first kappa shape index (κ1) is 11.6. The van der Waals surface area contributed by atoms with Crippen LogP contribution in [0.3, 0.4) is 0 Å². The van der Waals surface area contributed by atoms with Crippen molar-refractivity contribution in [3.63, 3.8) is 0 Å². The molecule has 0 saturated carbocycles. The molecule has 0 aliphatic heterocycles. The summed E-state index contributed by atoms with van der Waals surface area (Å²) in [5, 5.41) is 0. The highest BCUT2D eigenvalue weighted by Crippen LogP contribution is 1.75. The minimum Gasteiger partial charge on any atom is -0.388 e. The smallest absolute Gasteiger partial charge is 0.264 e. The Kier molecular flexibility index (Phi) is 7.76. The van der Waals surface area contributed by atoms with Crippen LogP contribution in [0.4, 0.5) is 0 Å². The zero-order chi connectivity index (χ0) is 7.91. The van der Waals surface area contributed by atoms with Gasteiger partial charge in [-0.3, -0.25) is 4.18 Å². The van der Waals surface area contributed by atoms with Crippen molar-refractivity contribution in [2.24, 2.45) is 0 Å².